The molecule has 0 aromatic heterocycles. The molecule has 1 saturated heterocycles. The van der Waals surface area contributed by atoms with Gasteiger partial charge in [0.2, 0.25) is 5.91 Å². The van der Waals surface area contributed by atoms with Gasteiger partial charge in [-0.15, -0.1) is 0 Å². The number of hydrogen-bond acceptors (Lipinski definition) is 2. The number of rotatable bonds is 4. The van der Waals surface area contributed by atoms with Crippen LogP contribution in [0.25, 0.3) is 0 Å². The summed E-state index contributed by atoms with van der Waals surface area (Å²) in [6.07, 6.45) is 2.70. The van der Waals surface area contributed by atoms with Gasteiger partial charge in [-0.05, 0) is 19.4 Å². The molecule has 1 amide bonds. The van der Waals surface area contributed by atoms with Gasteiger partial charge < -0.3 is 10.6 Å². The normalized spacial score (nSPS) is 23.7. The highest BCUT2D eigenvalue weighted by Crippen LogP contribution is 2.17. The molecule has 12 heavy (non-hydrogen) atoms. The number of halogens is 1. The third kappa shape index (κ3) is 2.75. The Labute approximate surface area is 81.4 Å². The Morgan fingerprint density at radius 2 is 2.33 bits per heavy atom. The van der Waals surface area contributed by atoms with Crippen molar-refractivity contribution in [2.45, 2.75) is 24.1 Å². The standard InChI is InChI=1S/C8H15BrN2O/c9-7-5-8(12)11(6-7)4-2-1-3-10/h7H,1-6,10H2. The summed E-state index contributed by atoms with van der Waals surface area (Å²) in [6.45, 7) is 2.46. The quantitative estimate of drug-likeness (QED) is 0.576. The summed E-state index contributed by atoms with van der Waals surface area (Å²) in [5.74, 6) is 0.272. The first kappa shape index (κ1) is 9.99. The molecule has 3 nitrogen and oxygen atoms in total. The average molecular weight is 235 g/mol. The topological polar surface area (TPSA) is 46.3 Å². The van der Waals surface area contributed by atoms with Gasteiger partial charge >= 0.3 is 0 Å². The van der Waals surface area contributed by atoms with E-state index in [1.165, 1.54) is 0 Å². The molecule has 0 bridgehead atoms. The summed E-state index contributed by atoms with van der Waals surface area (Å²) < 4.78 is 0. The van der Waals surface area contributed by atoms with Gasteiger partial charge in [0.15, 0.2) is 0 Å². The summed E-state index contributed by atoms with van der Waals surface area (Å²) in [5.41, 5.74) is 5.36. The Bertz CT molecular complexity index is 163. The molecule has 1 aliphatic rings. The first-order valence-corrected chi connectivity index (χ1v) is 5.27. The summed E-state index contributed by atoms with van der Waals surface area (Å²) in [4.78, 5) is 13.5. The van der Waals surface area contributed by atoms with Crippen LogP contribution in [0.4, 0.5) is 0 Å². The van der Waals surface area contributed by atoms with Crippen LogP contribution >= 0.6 is 15.9 Å². The van der Waals surface area contributed by atoms with Crippen LogP contribution in [0, 0.1) is 0 Å². The minimum absolute atomic E-state index is 0.272. The average Bonchev–Trinajstić information content (AvgIpc) is 2.31. The van der Waals surface area contributed by atoms with E-state index >= 15 is 0 Å². The molecule has 2 N–H and O–H groups in total. The van der Waals surface area contributed by atoms with E-state index in [-0.39, 0.29) is 5.91 Å². The summed E-state index contributed by atoms with van der Waals surface area (Å²) >= 11 is 3.44. The fraction of sp³-hybridized carbons (Fsp3) is 0.875. The van der Waals surface area contributed by atoms with Crippen molar-refractivity contribution in [2.75, 3.05) is 19.6 Å². The highest BCUT2D eigenvalue weighted by atomic mass is 79.9. The molecule has 0 saturated carbocycles. The van der Waals surface area contributed by atoms with E-state index in [0.29, 0.717) is 11.2 Å². The zero-order chi connectivity index (χ0) is 8.97. The molecular formula is C8H15BrN2O. The van der Waals surface area contributed by atoms with E-state index < -0.39 is 0 Å². The van der Waals surface area contributed by atoms with E-state index in [1.54, 1.807) is 0 Å². The Morgan fingerprint density at radius 3 is 2.83 bits per heavy atom. The van der Waals surface area contributed by atoms with Crippen LogP contribution < -0.4 is 5.73 Å². The van der Waals surface area contributed by atoms with Gasteiger partial charge in [-0.3, -0.25) is 4.79 Å². The monoisotopic (exact) mass is 234 g/mol. The number of nitrogens with zero attached hydrogens (tertiary/aromatic N) is 1. The van der Waals surface area contributed by atoms with Crippen LogP contribution in [0.15, 0.2) is 0 Å². The lowest BCUT2D eigenvalue weighted by Crippen LogP contribution is -2.26. The fourth-order valence-corrected chi connectivity index (χ4v) is 2.01. The maximum atomic E-state index is 11.2. The molecule has 0 radical (unpaired) electrons. The second-order valence-corrected chi connectivity index (χ2v) is 4.43. The second kappa shape index (κ2) is 4.82. The van der Waals surface area contributed by atoms with Gasteiger partial charge in [0.1, 0.15) is 0 Å². The molecule has 70 valence electrons. The van der Waals surface area contributed by atoms with E-state index in [2.05, 4.69) is 15.9 Å². The van der Waals surface area contributed by atoms with E-state index in [4.69, 9.17) is 5.73 Å². The largest absolute Gasteiger partial charge is 0.342 e. The van der Waals surface area contributed by atoms with Gasteiger partial charge in [-0.25, -0.2) is 0 Å². The van der Waals surface area contributed by atoms with Crippen LogP contribution in [0.5, 0.6) is 0 Å². The van der Waals surface area contributed by atoms with Crippen LogP contribution in [-0.2, 0) is 4.79 Å². The van der Waals surface area contributed by atoms with Crippen LogP contribution in [0.2, 0.25) is 0 Å². The Morgan fingerprint density at radius 1 is 1.58 bits per heavy atom. The Hall–Kier alpha value is -0.0900. The van der Waals surface area contributed by atoms with Gasteiger partial charge in [0.05, 0.1) is 0 Å². The number of amides is 1. The number of alkyl halides is 1. The molecular weight excluding hydrogens is 220 g/mol. The lowest BCUT2D eigenvalue weighted by molar-refractivity contribution is -0.127. The zero-order valence-corrected chi connectivity index (χ0v) is 8.72. The molecule has 4 heteroatoms. The van der Waals surface area contributed by atoms with Crippen molar-refractivity contribution in [1.82, 2.24) is 4.90 Å². The van der Waals surface area contributed by atoms with Crippen LogP contribution in [0.1, 0.15) is 19.3 Å². The number of nitrogens with two attached hydrogens (primary N) is 1. The smallest absolute Gasteiger partial charge is 0.223 e. The number of carbonyl (C=O) groups excluding carboxylic acids is 1. The predicted molar refractivity (Wildman–Crippen MR) is 52.2 cm³/mol. The molecule has 1 atom stereocenters. The molecule has 1 fully saturated rings. The highest BCUT2D eigenvalue weighted by Gasteiger charge is 2.26. The van der Waals surface area contributed by atoms with Gasteiger partial charge in [-0.1, -0.05) is 15.9 Å². The number of likely N-dealkylation sites (tertiary alicyclic amines) is 1. The van der Waals surface area contributed by atoms with Crippen molar-refractivity contribution in [3.8, 4) is 0 Å². The van der Waals surface area contributed by atoms with Crippen molar-refractivity contribution in [3.05, 3.63) is 0 Å². The highest BCUT2D eigenvalue weighted by molar-refractivity contribution is 9.09. The van der Waals surface area contributed by atoms with E-state index in [9.17, 15) is 4.79 Å². The van der Waals surface area contributed by atoms with Crippen LogP contribution in [-0.4, -0.2) is 35.3 Å². The molecule has 1 rings (SSSR count). The lowest BCUT2D eigenvalue weighted by atomic mass is 10.3. The fourth-order valence-electron chi connectivity index (χ4n) is 1.39. The Balaban J connectivity index is 2.19. The third-order valence-corrected chi connectivity index (χ3v) is 2.66. The maximum Gasteiger partial charge on any atom is 0.223 e. The number of unbranched alkanes of at least 4 members (excludes halogenated alkanes) is 1. The summed E-state index contributed by atoms with van der Waals surface area (Å²) in [5, 5.41) is 0. The van der Waals surface area contributed by atoms with Crippen molar-refractivity contribution in [1.29, 1.82) is 0 Å². The number of hydrogen-bond donors (Lipinski definition) is 1. The van der Waals surface area contributed by atoms with E-state index in [1.807, 2.05) is 4.90 Å². The predicted octanol–water partition coefficient (Wildman–Crippen LogP) is 0.721. The molecule has 0 aromatic carbocycles. The Kier molecular flexibility index (Phi) is 4.01. The molecule has 1 heterocycles. The molecule has 0 aromatic rings. The minimum atomic E-state index is 0.272. The van der Waals surface area contributed by atoms with Crippen LogP contribution in [0.3, 0.4) is 0 Å². The third-order valence-electron chi connectivity index (χ3n) is 2.05. The van der Waals surface area contributed by atoms with Crippen molar-refractivity contribution >= 4 is 21.8 Å². The lowest BCUT2D eigenvalue weighted by Gasteiger charge is -2.14. The molecule has 1 aliphatic heterocycles. The van der Waals surface area contributed by atoms with Crippen molar-refractivity contribution in [3.63, 3.8) is 0 Å². The zero-order valence-electron chi connectivity index (χ0n) is 7.13. The van der Waals surface area contributed by atoms with Gasteiger partial charge in [0.25, 0.3) is 0 Å². The first-order chi connectivity index (χ1) is 5.74. The first-order valence-electron chi connectivity index (χ1n) is 4.36. The SMILES string of the molecule is NCCCCN1CC(Br)CC1=O. The summed E-state index contributed by atoms with van der Waals surface area (Å²) in [6, 6.07) is 0. The number of carbonyl (C=O) groups is 1. The maximum absolute atomic E-state index is 11.2. The summed E-state index contributed by atoms with van der Waals surface area (Å²) in [7, 11) is 0. The molecule has 1 unspecified atom stereocenters. The molecule has 0 aliphatic carbocycles. The minimum Gasteiger partial charge on any atom is -0.342 e. The second-order valence-electron chi connectivity index (χ2n) is 3.14. The van der Waals surface area contributed by atoms with Crippen molar-refractivity contribution < 1.29 is 4.79 Å². The van der Waals surface area contributed by atoms with E-state index in [0.717, 1.165) is 32.5 Å². The van der Waals surface area contributed by atoms with Crippen molar-refractivity contribution in [2.24, 2.45) is 5.73 Å². The molecule has 0 spiro atoms. The van der Waals surface area contributed by atoms with Gasteiger partial charge in [0, 0.05) is 24.3 Å². The van der Waals surface area contributed by atoms with Gasteiger partial charge in [-0.2, -0.15) is 0 Å².